The Kier molecular flexibility index (Phi) is 4.32. The van der Waals surface area contributed by atoms with Crippen LogP contribution in [0.4, 0.5) is 5.69 Å². The Morgan fingerprint density at radius 3 is 2.62 bits per heavy atom. The molecule has 0 amide bonds. The normalized spacial score (nSPS) is 11.4. The first kappa shape index (κ1) is 13.0. The van der Waals surface area contributed by atoms with Gasteiger partial charge in [-0.25, -0.2) is 4.79 Å². The van der Waals surface area contributed by atoms with E-state index in [-0.39, 0.29) is 18.2 Å². The molecular weight excluding hydrogens is 226 g/mol. The zero-order chi connectivity index (χ0) is 12.2. The van der Waals surface area contributed by atoms with Crippen LogP contribution in [0.25, 0.3) is 0 Å². The number of thiophene rings is 1. The van der Waals surface area contributed by atoms with Gasteiger partial charge in [0.05, 0.1) is 17.9 Å². The second-order valence-corrected chi connectivity index (χ2v) is 5.22. The van der Waals surface area contributed by atoms with Crippen molar-refractivity contribution in [3.05, 3.63) is 16.3 Å². The Bertz CT molecular complexity index is 354. The van der Waals surface area contributed by atoms with Crippen LogP contribution >= 0.6 is 11.3 Å². The molecule has 0 spiro atoms. The van der Waals surface area contributed by atoms with Crippen LogP contribution in [0.2, 0.25) is 0 Å². The number of anilines is 1. The Morgan fingerprint density at radius 1 is 1.44 bits per heavy atom. The van der Waals surface area contributed by atoms with E-state index in [1.807, 2.05) is 20.8 Å². The number of carbonyl (C=O) groups excluding carboxylic acids is 1. The molecule has 0 unspecified atom stereocenters. The van der Waals surface area contributed by atoms with Gasteiger partial charge in [-0.3, -0.25) is 0 Å². The van der Waals surface area contributed by atoms with Gasteiger partial charge in [-0.15, -0.1) is 11.3 Å². The average molecular weight is 243 g/mol. The molecule has 5 heteroatoms. The summed E-state index contributed by atoms with van der Waals surface area (Å²) in [6.45, 7) is 6.48. The van der Waals surface area contributed by atoms with Crippen LogP contribution in [0, 0.1) is 0 Å². The molecule has 1 rings (SSSR count). The van der Waals surface area contributed by atoms with Gasteiger partial charge in [0.15, 0.2) is 0 Å². The number of ether oxygens (including phenoxy) is 2. The fourth-order valence-electron chi connectivity index (χ4n) is 1.03. The monoisotopic (exact) mass is 243 g/mol. The molecule has 4 nitrogen and oxygen atoms in total. The van der Waals surface area contributed by atoms with Crippen molar-refractivity contribution in [2.24, 2.45) is 0 Å². The maximum absolute atomic E-state index is 11.5. The highest BCUT2D eigenvalue weighted by Crippen LogP contribution is 2.19. The highest BCUT2D eigenvalue weighted by molar-refractivity contribution is 7.12. The lowest BCUT2D eigenvalue weighted by atomic mass is 10.2. The second kappa shape index (κ2) is 5.32. The molecule has 0 aliphatic carbocycles. The van der Waals surface area contributed by atoms with Crippen LogP contribution in [0.15, 0.2) is 11.4 Å². The summed E-state index contributed by atoms with van der Waals surface area (Å²) in [5, 5.41) is 1.76. The molecule has 90 valence electrons. The van der Waals surface area contributed by atoms with Crippen molar-refractivity contribution in [3.8, 4) is 0 Å². The van der Waals surface area contributed by atoms with E-state index in [4.69, 9.17) is 15.2 Å². The fourth-order valence-corrected chi connectivity index (χ4v) is 1.74. The number of nitrogen functional groups attached to an aromatic ring is 1. The first-order valence-corrected chi connectivity index (χ1v) is 5.92. The van der Waals surface area contributed by atoms with Crippen molar-refractivity contribution >= 4 is 23.0 Å². The average Bonchev–Trinajstić information content (AvgIpc) is 2.57. The zero-order valence-electron chi connectivity index (χ0n) is 9.78. The number of hydrogen-bond donors (Lipinski definition) is 1. The maximum Gasteiger partial charge on any atom is 0.350 e. The minimum Gasteiger partial charge on any atom is -0.459 e. The minimum absolute atomic E-state index is 0.214. The summed E-state index contributed by atoms with van der Waals surface area (Å²) in [6.07, 6.45) is 0. The van der Waals surface area contributed by atoms with E-state index in [0.717, 1.165) is 0 Å². The SMILES string of the molecule is CC(C)(C)OCCOC(=O)c1sccc1N. The van der Waals surface area contributed by atoms with E-state index in [1.54, 1.807) is 11.4 Å². The Labute approximate surface area is 99.4 Å². The molecular formula is C11H17NO3S. The van der Waals surface area contributed by atoms with Crippen molar-refractivity contribution in [1.29, 1.82) is 0 Å². The third kappa shape index (κ3) is 4.20. The number of esters is 1. The van der Waals surface area contributed by atoms with Crippen molar-refractivity contribution in [2.45, 2.75) is 26.4 Å². The zero-order valence-corrected chi connectivity index (χ0v) is 10.6. The lowest BCUT2D eigenvalue weighted by Crippen LogP contribution is -2.22. The molecule has 0 saturated carbocycles. The van der Waals surface area contributed by atoms with E-state index in [2.05, 4.69) is 0 Å². The summed E-state index contributed by atoms with van der Waals surface area (Å²) in [4.78, 5) is 12.0. The van der Waals surface area contributed by atoms with Gasteiger partial charge in [0.25, 0.3) is 0 Å². The number of rotatable bonds is 4. The van der Waals surface area contributed by atoms with Crippen LogP contribution in [-0.2, 0) is 9.47 Å². The molecule has 0 aliphatic heterocycles. The first-order valence-electron chi connectivity index (χ1n) is 5.04. The highest BCUT2D eigenvalue weighted by atomic mass is 32.1. The topological polar surface area (TPSA) is 61.5 Å². The van der Waals surface area contributed by atoms with Gasteiger partial charge in [-0.05, 0) is 32.2 Å². The van der Waals surface area contributed by atoms with E-state index in [9.17, 15) is 4.79 Å². The van der Waals surface area contributed by atoms with Crippen LogP contribution in [0.1, 0.15) is 30.4 Å². The van der Waals surface area contributed by atoms with Crippen molar-refractivity contribution in [3.63, 3.8) is 0 Å². The molecule has 0 aliphatic rings. The molecule has 2 N–H and O–H groups in total. The Hall–Kier alpha value is -1.07. The first-order chi connectivity index (χ1) is 7.40. The second-order valence-electron chi connectivity index (χ2n) is 4.30. The number of nitrogens with two attached hydrogens (primary N) is 1. The van der Waals surface area contributed by atoms with Gasteiger partial charge < -0.3 is 15.2 Å². The van der Waals surface area contributed by atoms with Gasteiger partial charge in [0.2, 0.25) is 0 Å². The van der Waals surface area contributed by atoms with E-state index in [0.29, 0.717) is 17.2 Å². The summed E-state index contributed by atoms with van der Waals surface area (Å²) in [6, 6.07) is 1.69. The van der Waals surface area contributed by atoms with Crippen LogP contribution in [-0.4, -0.2) is 24.8 Å². The smallest absolute Gasteiger partial charge is 0.350 e. The van der Waals surface area contributed by atoms with Crippen molar-refractivity contribution in [2.75, 3.05) is 18.9 Å². The molecule has 0 atom stereocenters. The summed E-state index contributed by atoms with van der Waals surface area (Å²) in [7, 11) is 0. The third-order valence-electron chi connectivity index (χ3n) is 1.73. The van der Waals surface area contributed by atoms with Crippen LogP contribution in [0.5, 0.6) is 0 Å². The molecule has 0 saturated heterocycles. The van der Waals surface area contributed by atoms with Crippen LogP contribution in [0.3, 0.4) is 0 Å². The van der Waals surface area contributed by atoms with E-state index < -0.39 is 0 Å². The number of carbonyl (C=O) groups is 1. The summed E-state index contributed by atoms with van der Waals surface area (Å²) >= 11 is 1.28. The van der Waals surface area contributed by atoms with Crippen molar-refractivity contribution in [1.82, 2.24) is 0 Å². The third-order valence-corrected chi connectivity index (χ3v) is 2.64. The van der Waals surface area contributed by atoms with Gasteiger partial charge in [-0.1, -0.05) is 0 Å². The van der Waals surface area contributed by atoms with Crippen LogP contribution < -0.4 is 5.73 Å². The minimum atomic E-state index is -0.384. The maximum atomic E-state index is 11.5. The Morgan fingerprint density at radius 2 is 2.12 bits per heavy atom. The molecule has 0 bridgehead atoms. The standard InChI is InChI=1S/C11H17NO3S/c1-11(2,3)15-6-5-14-10(13)9-8(12)4-7-16-9/h4,7H,5-6,12H2,1-3H3. The molecule has 0 fully saturated rings. The van der Waals surface area contributed by atoms with Gasteiger partial charge in [-0.2, -0.15) is 0 Å². The summed E-state index contributed by atoms with van der Waals surface area (Å²) in [5.74, 6) is -0.384. The largest absolute Gasteiger partial charge is 0.459 e. The molecule has 1 aromatic rings. The Balaban J connectivity index is 2.29. The molecule has 0 aromatic carbocycles. The molecule has 0 radical (unpaired) electrons. The molecule has 1 heterocycles. The predicted octanol–water partition coefficient (Wildman–Crippen LogP) is 2.30. The molecule has 16 heavy (non-hydrogen) atoms. The van der Waals surface area contributed by atoms with Gasteiger partial charge >= 0.3 is 5.97 Å². The van der Waals surface area contributed by atoms with Crippen molar-refractivity contribution < 1.29 is 14.3 Å². The van der Waals surface area contributed by atoms with E-state index >= 15 is 0 Å². The lowest BCUT2D eigenvalue weighted by Gasteiger charge is -2.19. The highest BCUT2D eigenvalue weighted by Gasteiger charge is 2.14. The fraction of sp³-hybridized carbons (Fsp3) is 0.545. The predicted molar refractivity (Wildman–Crippen MR) is 64.7 cm³/mol. The molecule has 1 aromatic heterocycles. The summed E-state index contributed by atoms with van der Waals surface area (Å²) in [5.41, 5.74) is 5.84. The van der Waals surface area contributed by atoms with Gasteiger partial charge in [0.1, 0.15) is 11.5 Å². The van der Waals surface area contributed by atoms with Gasteiger partial charge in [0, 0.05) is 0 Å². The quantitative estimate of drug-likeness (QED) is 0.651. The lowest BCUT2D eigenvalue weighted by molar-refractivity contribution is -0.0280. The summed E-state index contributed by atoms with van der Waals surface area (Å²) < 4.78 is 10.5. The number of hydrogen-bond acceptors (Lipinski definition) is 5. The van der Waals surface area contributed by atoms with E-state index in [1.165, 1.54) is 11.3 Å².